The Hall–Kier alpha value is -7.62. The van der Waals surface area contributed by atoms with Gasteiger partial charge in [0.15, 0.2) is 0 Å². The van der Waals surface area contributed by atoms with Gasteiger partial charge in [0.2, 0.25) is 0 Å². The van der Waals surface area contributed by atoms with Gasteiger partial charge in [-0.05, 0) is 141 Å². The van der Waals surface area contributed by atoms with Crippen LogP contribution >= 0.6 is 0 Å². The molecular formula is C66H53NO2. The predicted molar refractivity (Wildman–Crippen MR) is 288 cm³/mol. The molecule has 0 atom stereocenters. The lowest BCUT2D eigenvalue weighted by atomic mass is 9.72. The summed E-state index contributed by atoms with van der Waals surface area (Å²) in [5.41, 5.74) is 28.4. The maximum absolute atomic E-state index is 7.06. The number of para-hydroxylation sites is 2. The average molecular weight is 892 g/mol. The van der Waals surface area contributed by atoms with Crippen molar-refractivity contribution in [1.82, 2.24) is 0 Å². The van der Waals surface area contributed by atoms with E-state index >= 15 is 0 Å². The Kier molecular flexibility index (Phi) is 7.94. The molecule has 0 fully saturated rings. The second-order valence-corrected chi connectivity index (χ2v) is 21.8. The highest BCUT2D eigenvalue weighted by atomic mass is 16.3. The minimum absolute atomic E-state index is 0.210. The van der Waals surface area contributed by atoms with Gasteiger partial charge in [-0.15, -0.1) is 0 Å². The smallest absolute Gasteiger partial charge is 0.144 e. The van der Waals surface area contributed by atoms with E-state index in [1.165, 1.54) is 105 Å². The number of fused-ring (bicyclic) bond motifs is 19. The zero-order chi connectivity index (χ0) is 47.0. The maximum Gasteiger partial charge on any atom is 0.144 e. The van der Waals surface area contributed by atoms with Gasteiger partial charge in [0, 0.05) is 60.3 Å². The van der Waals surface area contributed by atoms with E-state index in [0.717, 1.165) is 50.2 Å². The van der Waals surface area contributed by atoms with Crippen LogP contribution in [0.1, 0.15) is 91.6 Å². The van der Waals surface area contributed by atoms with E-state index in [-0.39, 0.29) is 16.2 Å². The van der Waals surface area contributed by atoms with Gasteiger partial charge in [-0.1, -0.05) is 162 Å². The van der Waals surface area contributed by atoms with Crippen molar-refractivity contribution in [2.24, 2.45) is 0 Å². The summed E-state index contributed by atoms with van der Waals surface area (Å²) in [5, 5.41) is 4.76. The monoisotopic (exact) mass is 891 g/mol. The minimum atomic E-state index is -0.336. The van der Waals surface area contributed by atoms with E-state index in [9.17, 15) is 0 Å². The van der Waals surface area contributed by atoms with Crippen LogP contribution in [0.5, 0.6) is 0 Å². The highest BCUT2D eigenvalue weighted by molar-refractivity contribution is 6.21. The molecule has 0 radical (unpaired) electrons. The normalized spacial score (nSPS) is 15.4. The number of nitrogens with zero attached hydrogens (tertiary/aromatic N) is 1. The largest absolute Gasteiger partial charge is 0.455 e. The molecule has 0 saturated heterocycles. The first kappa shape index (κ1) is 40.4. The topological polar surface area (TPSA) is 29.5 Å². The molecule has 0 amide bonds. The van der Waals surface area contributed by atoms with Crippen molar-refractivity contribution in [1.29, 1.82) is 0 Å². The Morgan fingerprint density at radius 2 is 0.899 bits per heavy atom. The van der Waals surface area contributed by atoms with E-state index < -0.39 is 0 Å². The fourth-order valence-electron chi connectivity index (χ4n) is 13.6. The highest BCUT2D eigenvalue weighted by Crippen LogP contribution is 2.64. The van der Waals surface area contributed by atoms with Crippen LogP contribution in [0.4, 0.5) is 17.1 Å². The zero-order valence-corrected chi connectivity index (χ0v) is 40.8. The van der Waals surface area contributed by atoms with E-state index in [1.807, 2.05) is 0 Å². The fraction of sp³-hybridized carbons (Fsp3) is 0.182. The first-order chi connectivity index (χ1) is 33.2. The van der Waals surface area contributed by atoms with Gasteiger partial charge >= 0.3 is 0 Å². The molecule has 0 N–H and O–H groups in total. The van der Waals surface area contributed by atoms with Crippen LogP contribution in [0.3, 0.4) is 0 Å². The number of hydrogen-bond acceptors (Lipinski definition) is 3. The molecule has 0 saturated carbocycles. The summed E-state index contributed by atoms with van der Waals surface area (Å²) in [6.45, 7) is 21.3. The molecule has 2 heterocycles. The first-order valence-corrected chi connectivity index (χ1v) is 24.6. The molecule has 0 spiro atoms. The van der Waals surface area contributed by atoms with E-state index in [1.54, 1.807) is 0 Å². The molecule has 3 heteroatoms. The van der Waals surface area contributed by atoms with Gasteiger partial charge in [0.1, 0.15) is 22.3 Å². The number of furan rings is 2. The van der Waals surface area contributed by atoms with E-state index in [4.69, 9.17) is 8.83 Å². The van der Waals surface area contributed by atoms with Crippen LogP contribution in [-0.2, 0) is 16.2 Å². The molecule has 3 aliphatic rings. The molecular weight excluding hydrogens is 839 g/mol. The quantitative estimate of drug-likeness (QED) is 0.176. The number of benzene rings is 9. The number of anilines is 3. The Bertz CT molecular complexity index is 4050. The molecule has 14 rings (SSSR count). The summed E-state index contributed by atoms with van der Waals surface area (Å²) in [6.07, 6.45) is 0. The third-order valence-corrected chi connectivity index (χ3v) is 16.6. The third-order valence-electron chi connectivity index (χ3n) is 16.6. The van der Waals surface area contributed by atoms with Crippen molar-refractivity contribution < 1.29 is 8.83 Å². The van der Waals surface area contributed by atoms with E-state index in [0.29, 0.717) is 0 Å². The van der Waals surface area contributed by atoms with Crippen molar-refractivity contribution in [2.75, 3.05) is 4.90 Å². The van der Waals surface area contributed by atoms with Crippen LogP contribution in [0.15, 0.2) is 167 Å². The van der Waals surface area contributed by atoms with Crippen LogP contribution in [0.25, 0.3) is 88.4 Å². The average Bonchev–Trinajstić information content (AvgIpc) is 4.09. The summed E-state index contributed by atoms with van der Waals surface area (Å²) >= 11 is 0. The molecule has 3 aliphatic carbocycles. The standard InChI is InChI=1S/C66H53NO2/c1-36-31-37(2)61(38(3)32-36)67(40-27-29-43-49(33-40)64(4,5)51-35-47(39-19-11-10-12-20-39)62-56(54(43)51)45-22-14-17-25-52(45)68-62)41-28-30-44-50(34-41)66(8,9)60-58(44)63-57(46-23-15-18-26-53(46)69-63)55-42-21-13-16-24-48(42)65(6,7)59(55)60/h10-35H,1-9H3. The van der Waals surface area contributed by atoms with E-state index in [2.05, 4.69) is 225 Å². The first-order valence-electron chi connectivity index (χ1n) is 24.6. The van der Waals surface area contributed by atoms with Gasteiger partial charge in [-0.25, -0.2) is 0 Å². The summed E-state index contributed by atoms with van der Waals surface area (Å²) in [4.78, 5) is 2.54. The number of hydrogen-bond donors (Lipinski definition) is 0. The molecule has 334 valence electrons. The molecule has 2 aromatic heterocycles. The van der Waals surface area contributed by atoms with Gasteiger partial charge in [0.05, 0.1) is 5.69 Å². The van der Waals surface area contributed by atoms with Crippen LogP contribution in [0, 0.1) is 20.8 Å². The lowest BCUT2D eigenvalue weighted by Crippen LogP contribution is -2.24. The lowest BCUT2D eigenvalue weighted by Gasteiger charge is -2.33. The van der Waals surface area contributed by atoms with Crippen LogP contribution in [-0.4, -0.2) is 0 Å². The van der Waals surface area contributed by atoms with Gasteiger partial charge in [-0.2, -0.15) is 0 Å². The SMILES string of the molecule is Cc1cc(C)c(N(c2ccc3c(c2)C(C)(C)c2cc(-c4ccccc4)c4oc5ccccc5c4c2-3)c2ccc3c(c2)C(C)(C)c2c4c(c5c(oc6ccccc65)c2-3)-c2ccccc2C4(C)C)c(C)c1. The predicted octanol–water partition coefficient (Wildman–Crippen LogP) is 18.5. The van der Waals surface area contributed by atoms with Crippen LogP contribution in [0.2, 0.25) is 0 Å². The lowest BCUT2D eigenvalue weighted by molar-refractivity contribution is 0.600. The van der Waals surface area contributed by atoms with Crippen molar-refractivity contribution in [2.45, 2.75) is 78.6 Å². The molecule has 0 unspecified atom stereocenters. The van der Waals surface area contributed by atoms with Gasteiger partial charge in [0.25, 0.3) is 0 Å². The second-order valence-electron chi connectivity index (χ2n) is 21.8. The molecule has 3 nitrogen and oxygen atoms in total. The Labute approximate surface area is 403 Å². The fourth-order valence-corrected chi connectivity index (χ4v) is 13.6. The summed E-state index contributed by atoms with van der Waals surface area (Å²) in [5.74, 6) is 0. The Morgan fingerprint density at radius 3 is 1.57 bits per heavy atom. The molecule has 11 aromatic rings. The van der Waals surface area contributed by atoms with Crippen molar-refractivity contribution in [3.8, 4) is 44.5 Å². The molecule has 69 heavy (non-hydrogen) atoms. The number of aryl methyl sites for hydroxylation is 3. The van der Waals surface area contributed by atoms with Crippen molar-refractivity contribution in [3.63, 3.8) is 0 Å². The molecule has 9 aromatic carbocycles. The summed E-state index contributed by atoms with van der Waals surface area (Å²) < 4.78 is 13.9. The minimum Gasteiger partial charge on any atom is -0.455 e. The van der Waals surface area contributed by atoms with Crippen molar-refractivity contribution >= 4 is 60.9 Å². The van der Waals surface area contributed by atoms with Gasteiger partial charge in [-0.3, -0.25) is 0 Å². The summed E-state index contributed by atoms with van der Waals surface area (Å²) in [6, 6.07) is 58.6. The van der Waals surface area contributed by atoms with Crippen LogP contribution < -0.4 is 4.90 Å². The third kappa shape index (κ3) is 5.18. The molecule has 0 aliphatic heterocycles. The highest BCUT2D eigenvalue weighted by Gasteiger charge is 2.49. The van der Waals surface area contributed by atoms with Crippen molar-refractivity contribution in [3.05, 3.63) is 208 Å². The number of rotatable bonds is 4. The zero-order valence-electron chi connectivity index (χ0n) is 40.8. The Balaban J connectivity index is 1.00. The Morgan fingerprint density at radius 1 is 0.391 bits per heavy atom. The maximum atomic E-state index is 7.06. The van der Waals surface area contributed by atoms with Gasteiger partial charge < -0.3 is 13.7 Å². The molecule has 0 bridgehead atoms. The second kappa shape index (κ2) is 13.5. The summed E-state index contributed by atoms with van der Waals surface area (Å²) in [7, 11) is 0.